The minimum absolute atomic E-state index is 0.451. The molecule has 0 amide bonds. The standard InChI is InChI=1S/C16H13ClN2OS/c17-12-6-7-13(18-9-12)15(20)8-16-19-14(10-21-16)11-4-2-1-3-5-11/h1-7,9-10,15,20H,8H2. The molecule has 3 nitrogen and oxygen atoms in total. The van der Waals surface area contributed by atoms with Gasteiger partial charge in [-0.05, 0) is 12.1 Å². The highest BCUT2D eigenvalue weighted by Gasteiger charge is 2.13. The van der Waals surface area contributed by atoms with Crippen LogP contribution in [0.15, 0.2) is 54.0 Å². The quantitative estimate of drug-likeness (QED) is 0.787. The van der Waals surface area contributed by atoms with Gasteiger partial charge in [0.2, 0.25) is 0 Å². The summed E-state index contributed by atoms with van der Waals surface area (Å²) in [5.74, 6) is 0. The fourth-order valence-electron chi connectivity index (χ4n) is 2.00. The second-order valence-electron chi connectivity index (χ2n) is 4.61. The Labute approximate surface area is 131 Å². The molecule has 2 heterocycles. The first-order valence-corrected chi connectivity index (χ1v) is 7.77. The normalized spacial score (nSPS) is 12.3. The van der Waals surface area contributed by atoms with E-state index < -0.39 is 6.10 Å². The van der Waals surface area contributed by atoms with Crippen LogP contribution in [0, 0.1) is 0 Å². The topological polar surface area (TPSA) is 46.0 Å². The summed E-state index contributed by atoms with van der Waals surface area (Å²) in [4.78, 5) is 8.70. The second kappa shape index (κ2) is 6.35. The van der Waals surface area contributed by atoms with E-state index in [4.69, 9.17) is 11.6 Å². The number of aromatic nitrogens is 2. The Morgan fingerprint density at radius 3 is 2.67 bits per heavy atom. The van der Waals surface area contributed by atoms with E-state index in [1.54, 1.807) is 23.5 Å². The van der Waals surface area contributed by atoms with Gasteiger partial charge in [-0.3, -0.25) is 4.98 Å². The van der Waals surface area contributed by atoms with Crippen molar-refractivity contribution in [2.75, 3.05) is 0 Å². The molecule has 1 aromatic carbocycles. The van der Waals surface area contributed by atoms with Crippen LogP contribution in [0.1, 0.15) is 16.8 Å². The van der Waals surface area contributed by atoms with Crippen molar-refractivity contribution in [3.8, 4) is 11.3 Å². The van der Waals surface area contributed by atoms with Crippen LogP contribution in [0.2, 0.25) is 5.02 Å². The summed E-state index contributed by atoms with van der Waals surface area (Å²) in [5, 5.41) is 13.7. The van der Waals surface area contributed by atoms with Gasteiger partial charge in [0.05, 0.1) is 21.4 Å². The van der Waals surface area contributed by atoms with Crippen LogP contribution >= 0.6 is 22.9 Å². The van der Waals surface area contributed by atoms with Gasteiger partial charge >= 0.3 is 0 Å². The average molecular weight is 317 g/mol. The highest BCUT2D eigenvalue weighted by atomic mass is 35.5. The number of hydrogen-bond acceptors (Lipinski definition) is 4. The number of aliphatic hydroxyl groups is 1. The molecule has 0 aliphatic carbocycles. The Hall–Kier alpha value is -1.75. The Bertz CT molecular complexity index is 713. The first-order valence-electron chi connectivity index (χ1n) is 6.52. The number of hydrogen-bond donors (Lipinski definition) is 1. The number of benzene rings is 1. The number of thiazole rings is 1. The number of halogens is 1. The third-order valence-electron chi connectivity index (χ3n) is 3.08. The van der Waals surface area contributed by atoms with Crippen LogP contribution in [0.4, 0.5) is 0 Å². The molecule has 0 spiro atoms. The highest BCUT2D eigenvalue weighted by molar-refractivity contribution is 7.09. The van der Waals surface area contributed by atoms with Crippen LogP contribution in [0.25, 0.3) is 11.3 Å². The minimum atomic E-state index is -0.669. The smallest absolute Gasteiger partial charge is 0.102 e. The fourth-order valence-corrected chi connectivity index (χ4v) is 2.95. The number of aliphatic hydroxyl groups excluding tert-OH is 1. The first-order chi connectivity index (χ1) is 10.2. The van der Waals surface area contributed by atoms with E-state index in [-0.39, 0.29) is 0 Å². The van der Waals surface area contributed by atoms with E-state index in [0.717, 1.165) is 16.3 Å². The molecule has 0 saturated heterocycles. The van der Waals surface area contributed by atoms with Crippen molar-refractivity contribution < 1.29 is 5.11 Å². The van der Waals surface area contributed by atoms with Gasteiger partial charge in [-0.15, -0.1) is 11.3 Å². The van der Waals surface area contributed by atoms with Crippen LogP contribution in [0.3, 0.4) is 0 Å². The van der Waals surface area contributed by atoms with E-state index in [0.29, 0.717) is 17.1 Å². The lowest BCUT2D eigenvalue weighted by molar-refractivity contribution is 0.173. The SMILES string of the molecule is OC(Cc1nc(-c2ccccc2)cs1)c1ccc(Cl)cn1. The highest BCUT2D eigenvalue weighted by Crippen LogP contribution is 2.25. The Balaban J connectivity index is 1.74. The summed E-state index contributed by atoms with van der Waals surface area (Å²) in [6.07, 6.45) is 1.32. The van der Waals surface area contributed by atoms with E-state index in [9.17, 15) is 5.11 Å². The van der Waals surface area contributed by atoms with Gasteiger partial charge in [-0.1, -0.05) is 41.9 Å². The number of rotatable bonds is 4. The molecule has 0 fully saturated rings. The van der Waals surface area contributed by atoms with Crippen molar-refractivity contribution >= 4 is 22.9 Å². The molecule has 1 atom stereocenters. The van der Waals surface area contributed by atoms with E-state index >= 15 is 0 Å². The monoisotopic (exact) mass is 316 g/mol. The molecule has 0 bridgehead atoms. The summed E-state index contributed by atoms with van der Waals surface area (Å²) in [5.41, 5.74) is 2.63. The predicted molar refractivity (Wildman–Crippen MR) is 85.5 cm³/mol. The van der Waals surface area contributed by atoms with Crippen molar-refractivity contribution in [3.05, 3.63) is 69.8 Å². The van der Waals surface area contributed by atoms with Crippen LogP contribution in [-0.4, -0.2) is 15.1 Å². The lowest BCUT2D eigenvalue weighted by atomic mass is 10.1. The molecule has 5 heteroatoms. The molecule has 106 valence electrons. The maximum absolute atomic E-state index is 10.2. The molecule has 0 radical (unpaired) electrons. The number of nitrogens with zero attached hydrogens (tertiary/aromatic N) is 2. The fraction of sp³-hybridized carbons (Fsp3) is 0.125. The van der Waals surface area contributed by atoms with Crippen LogP contribution in [-0.2, 0) is 6.42 Å². The molecular formula is C16H13ClN2OS. The molecule has 0 aliphatic rings. The molecule has 21 heavy (non-hydrogen) atoms. The minimum Gasteiger partial charge on any atom is -0.386 e. The summed E-state index contributed by atoms with van der Waals surface area (Å²) in [6, 6.07) is 13.5. The van der Waals surface area contributed by atoms with Gasteiger partial charge < -0.3 is 5.11 Å². The molecule has 3 rings (SSSR count). The molecule has 2 aromatic heterocycles. The van der Waals surface area contributed by atoms with Crippen molar-refractivity contribution in [1.29, 1.82) is 0 Å². The van der Waals surface area contributed by atoms with Crippen molar-refractivity contribution in [2.24, 2.45) is 0 Å². The summed E-state index contributed by atoms with van der Waals surface area (Å²) >= 11 is 7.34. The third-order valence-corrected chi connectivity index (χ3v) is 4.18. The van der Waals surface area contributed by atoms with Crippen molar-refractivity contribution in [1.82, 2.24) is 9.97 Å². The van der Waals surface area contributed by atoms with E-state index in [1.165, 1.54) is 6.20 Å². The van der Waals surface area contributed by atoms with Crippen LogP contribution in [0.5, 0.6) is 0 Å². The Morgan fingerprint density at radius 2 is 1.95 bits per heavy atom. The predicted octanol–water partition coefficient (Wildman–Crippen LogP) is 4.13. The van der Waals surface area contributed by atoms with Gasteiger partial charge in [0.15, 0.2) is 0 Å². The Morgan fingerprint density at radius 1 is 1.14 bits per heavy atom. The second-order valence-corrected chi connectivity index (χ2v) is 5.99. The molecule has 0 saturated carbocycles. The zero-order chi connectivity index (χ0) is 14.7. The maximum atomic E-state index is 10.2. The first kappa shape index (κ1) is 14.2. The van der Waals surface area contributed by atoms with Crippen molar-refractivity contribution in [2.45, 2.75) is 12.5 Å². The van der Waals surface area contributed by atoms with Gasteiger partial charge in [-0.25, -0.2) is 4.98 Å². The van der Waals surface area contributed by atoms with Crippen molar-refractivity contribution in [3.63, 3.8) is 0 Å². The van der Waals surface area contributed by atoms with Gasteiger partial charge in [0.25, 0.3) is 0 Å². The van der Waals surface area contributed by atoms with Gasteiger partial charge in [0, 0.05) is 23.6 Å². The largest absolute Gasteiger partial charge is 0.386 e. The summed E-state index contributed by atoms with van der Waals surface area (Å²) in [7, 11) is 0. The molecule has 0 aliphatic heterocycles. The lowest BCUT2D eigenvalue weighted by Gasteiger charge is -2.07. The molecule has 1 unspecified atom stereocenters. The maximum Gasteiger partial charge on any atom is 0.102 e. The summed E-state index contributed by atoms with van der Waals surface area (Å²) in [6.45, 7) is 0. The lowest BCUT2D eigenvalue weighted by Crippen LogP contribution is -2.03. The molecule has 1 N–H and O–H groups in total. The van der Waals surface area contributed by atoms with Gasteiger partial charge in [-0.2, -0.15) is 0 Å². The Kier molecular flexibility index (Phi) is 4.29. The van der Waals surface area contributed by atoms with Gasteiger partial charge in [0.1, 0.15) is 6.10 Å². The average Bonchev–Trinajstić information content (AvgIpc) is 2.97. The molecular weight excluding hydrogens is 304 g/mol. The number of pyridine rings is 1. The summed E-state index contributed by atoms with van der Waals surface area (Å²) < 4.78 is 0. The zero-order valence-electron chi connectivity index (χ0n) is 11.1. The van der Waals surface area contributed by atoms with Crippen LogP contribution < -0.4 is 0 Å². The zero-order valence-corrected chi connectivity index (χ0v) is 12.7. The molecule has 3 aromatic rings. The van der Waals surface area contributed by atoms with E-state index in [1.807, 2.05) is 35.7 Å². The van der Waals surface area contributed by atoms with E-state index in [2.05, 4.69) is 9.97 Å². The third kappa shape index (κ3) is 3.47.